The number of carbonyl (C=O) groups is 1. The molecule has 0 aliphatic carbocycles. The van der Waals surface area contributed by atoms with Crippen LogP contribution in [0.15, 0.2) is 30.3 Å². The lowest BCUT2D eigenvalue weighted by Crippen LogP contribution is -2.49. The Morgan fingerprint density at radius 1 is 1.18 bits per heavy atom. The van der Waals surface area contributed by atoms with Crippen molar-refractivity contribution < 1.29 is 35.9 Å². The summed E-state index contributed by atoms with van der Waals surface area (Å²) in [7, 11) is 1.46. The predicted octanol–water partition coefficient (Wildman–Crippen LogP) is 5.15. The van der Waals surface area contributed by atoms with Crippen molar-refractivity contribution in [2.45, 2.75) is 36.0 Å². The van der Waals surface area contributed by atoms with Gasteiger partial charge in [0.05, 0.1) is 11.1 Å². The van der Waals surface area contributed by atoms with Crippen molar-refractivity contribution in [1.82, 2.24) is 0 Å². The minimum Gasteiger partial charge on any atom is -0.347 e. The van der Waals surface area contributed by atoms with Crippen LogP contribution in [0.4, 0.5) is 32.0 Å². The Labute approximate surface area is 159 Å². The normalized spacial score (nSPS) is 27.2. The highest BCUT2D eigenvalue weighted by molar-refractivity contribution is 6.22. The summed E-state index contributed by atoms with van der Waals surface area (Å²) in [5, 5.41) is -1.03. The molecule has 4 rings (SSSR count). The molecule has 10 heteroatoms. The number of Topliss-reactive ketones (excluding diaryl/α,β-unsaturated/α-hetero) is 1. The molecule has 3 nitrogen and oxygen atoms in total. The van der Waals surface area contributed by atoms with Gasteiger partial charge in [0.25, 0.3) is 5.78 Å². The number of ketones is 1. The maximum atomic E-state index is 14.1. The van der Waals surface area contributed by atoms with Crippen molar-refractivity contribution in [3.05, 3.63) is 41.5 Å². The van der Waals surface area contributed by atoms with Gasteiger partial charge in [-0.2, -0.15) is 26.3 Å². The summed E-state index contributed by atoms with van der Waals surface area (Å²) in [6.45, 7) is 0. The first-order valence-corrected chi connectivity index (χ1v) is 8.61. The van der Waals surface area contributed by atoms with Gasteiger partial charge in [-0.3, -0.25) is 4.79 Å². The molecule has 1 saturated heterocycles. The molecule has 0 unspecified atom stereocenters. The molecule has 0 spiro atoms. The number of alkyl halides is 7. The number of nitrogens with zero attached hydrogens (tertiary/aromatic N) is 1. The fraction of sp³-hybridized carbons (Fsp3) is 0.389. The zero-order chi connectivity index (χ0) is 20.6. The van der Waals surface area contributed by atoms with E-state index in [2.05, 4.69) is 0 Å². The zero-order valence-corrected chi connectivity index (χ0v) is 14.9. The molecular formula is C18H12ClF6NO2. The number of hydrogen-bond acceptors (Lipinski definition) is 3. The fourth-order valence-electron chi connectivity index (χ4n) is 4.05. The van der Waals surface area contributed by atoms with Gasteiger partial charge in [-0.1, -0.05) is 24.3 Å². The van der Waals surface area contributed by atoms with Crippen molar-refractivity contribution in [1.29, 1.82) is 0 Å². The first-order valence-electron chi connectivity index (χ1n) is 8.17. The SMILES string of the molecule is CN1c2c(cc(C(=O)C(F)(F)F)c3ccccc23)[C@@]2(C(F)(F)F)C[C@@H](Cl)[C@@H]1O2. The molecule has 2 aromatic carbocycles. The van der Waals surface area contributed by atoms with E-state index in [4.69, 9.17) is 16.3 Å². The van der Waals surface area contributed by atoms with E-state index in [9.17, 15) is 31.1 Å². The maximum absolute atomic E-state index is 14.1. The molecule has 0 aromatic heterocycles. The molecule has 2 bridgehead atoms. The summed E-state index contributed by atoms with van der Waals surface area (Å²) in [6, 6.07) is 6.21. The average Bonchev–Trinajstić information content (AvgIpc) is 2.92. The summed E-state index contributed by atoms with van der Waals surface area (Å²) in [6.07, 6.45) is -12.0. The number of rotatable bonds is 1. The van der Waals surface area contributed by atoms with E-state index in [0.717, 1.165) is 0 Å². The molecule has 2 heterocycles. The van der Waals surface area contributed by atoms with E-state index in [1.54, 1.807) is 0 Å². The highest BCUT2D eigenvalue weighted by Crippen LogP contribution is 2.59. The summed E-state index contributed by atoms with van der Waals surface area (Å²) in [5.41, 5.74) is -4.20. The van der Waals surface area contributed by atoms with Gasteiger partial charge >= 0.3 is 12.4 Å². The molecular weight excluding hydrogens is 412 g/mol. The van der Waals surface area contributed by atoms with Crippen LogP contribution in [-0.4, -0.2) is 36.8 Å². The summed E-state index contributed by atoms with van der Waals surface area (Å²) >= 11 is 6.11. The van der Waals surface area contributed by atoms with Crippen LogP contribution < -0.4 is 4.90 Å². The van der Waals surface area contributed by atoms with Gasteiger partial charge in [0.15, 0.2) is 5.60 Å². The second-order valence-electron chi connectivity index (χ2n) is 6.86. The zero-order valence-electron chi connectivity index (χ0n) is 14.2. The van der Waals surface area contributed by atoms with E-state index >= 15 is 0 Å². The van der Waals surface area contributed by atoms with Crippen LogP contribution in [0, 0.1) is 0 Å². The minimum atomic E-state index is -5.24. The first kappa shape index (κ1) is 19.3. The summed E-state index contributed by atoms with van der Waals surface area (Å²) in [5.74, 6) is -2.21. The molecule has 0 N–H and O–H groups in total. The maximum Gasteiger partial charge on any atom is 0.454 e. The number of carbonyl (C=O) groups excluding carboxylic acids is 1. The molecule has 28 heavy (non-hydrogen) atoms. The van der Waals surface area contributed by atoms with Gasteiger partial charge in [0.1, 0.15) is 6.23 Å². The van der Waals surface area contributed by atoms with Crippen molar-refractivity contribution >= 4 is 33.8 Å². The van der Waals surface area contributed by atoms with Crippen molar-refractivity contribution in [2.24, 2.45) is 0 Å². The Balaban J connectivity index is 2.12. The van der Waals surface area contributed by atoms with E-state index < -0.39 is 52.9 Å². The lowest BCUT2D eigenvalue weighted by Gasteiger charge is -2.42. The third kappa shape index (κ3) is 2.45. The van der Waals surface area contributed by atoms with Crippen LogP contribution in [0.3, 0.4) is 0 Å². The Bertz CT molecular complexity index is 988. The number of fused-ring (bicyclic) bond motifs is 6. The van der Waals surface area contributed by atoms with E-state index in [-0.39, 0.29) is 16.5 Å². The molecule has 3 atom stereocenters. The predicted molar refractivity (Wildman–Crippen MR) is 89.6 cm³/mol. The number of halogens is 7. The summed E-state index contributed by atoms with van der Waals surface area (Å²) < 4.78 is 86.8. The monoisotopic (exact) mass is 423 g/mol. The Morgan fingerprint density at radius 3 is 2.36 bits per heavy atom. The van der Waals surface area contributed by atoms with Crippen molar-refractivity contribution in [3.63, 3.8) is 0 Å². The molecule has 2 aliphatic rings. The number of hydrogen-bond donors (Lipinski definition) is 0. The van der Waals surface area contributed by atoms with Gasteiger partial charge in [-0.05, 0) is 11.5 Å². The van der Waals surface area contributed by atoms with E-state index in [1.807, 2.05) is 0 Å². The van der Waals surface area contributed by atoms with Crippen LogP contribution >= 0.6 is 11.6 Å². The van der Waals surface area contributed by atoms with E-state index in [1.165, 1.54) is 36.2 Å². The van der Waals surface area contributed by atoms with Gasteiger partial charge < -0.3 is 9.64 Å². The third-order valence-corrected chi connectivity index (χ3v) is 5.63. The van der Waals surface area contributed by atoms with E-state index in [0.29, 0.717) is 6.07 Å². The molecule has 0 radical (unpaired) electrons. The largest absolute Gasteiger partial charge is 0.454 e. The lowest BCUT2D eigenvalue weighted by atomic mass is 9.84. The number of ether oxygens (including phenoxy) is 1. The average molecular weight is 424 g/mol. The first-order chi connectivity index (χ1) is 12.9. The standard InChI is InChI=1S/C18H12ClF6NO2/c1-26-13-9-5-3-2-4-8(9)10(14(27)17(20,21)22)6-11(13)16(18(23,24)25)7-12(19)15(26)28-16/h2-6,12,15H,7H2,1H3/t12-,15+,16-/m1/s1. The van der Waals surface area contributed by atoms with Crippen LogP contribution in [0.2, 0.25) is 0 Å². The topological polar surface area (TPSA) is 29.5 Å². The van der Waals surface area contributed by atoms with Crippen LogP contribution in [0.25, 0.3) is 10.8 Å². The highest BCUT2D eigenvalue weighted by Gasteiger charge is 2.67. The van der Waals surface area contributed by atoms with Crippen LogP contribution in [-0.2, 0) is 10.3 Å². The summed E-state index contributed by atoms with van der Waals surface area (Å²) in [4.78, 5) is 13.4. The Kier molecular flexibility index (Phi) is 3.97. The van der Waals surface area contributed by atoms with Crippen molar-refractivity contribution in [2.75, 3.05) is 11.9 Å². The third-order valence-electron chi connectivity index (χ3n) is 5.26. The lowest BCUT2D eigenvalue weighted by molar-refractivity contribution is -0.280. The molecule has 2 aliphatic heterocycles. The Morgan fingerprint density at radius 2 is 1.79 bits per heavy atom. The number of anilines is 1. The second kappa shape index (κ2) is 5.76. The molecule has 0 amide bonds. The van der Waals surface area contributed by atoms with Gasteiger partial charge in [0.2, 0.25) is 0 Å². The van der Waals surface area contributed by atoms with Gasteiger partial charge in [-0.25, -0.2) is 0 Å². The quantitative estimate of drug-likeness (QED) is 0.361. The molecule has 0 saturated carbocycles. The molecule has 150 valence electrons. The highest BCUT2D eigenvalue weighted by atomic mass is 35.5. The second-order valence-corrected chi connectivity index (χ2v) is 7.42. The smallest absolute Gasteiger partial charge is 0.347 e. The Hall–Kier alpha value is -2.00. The van der Waals surface area contributed by atoms with Crippen molar-refractivity contribution in [3.8, 4) is 0 Å². The van der Waals surface area contributed by atoms with Gasteiger partial charge in [-0.15, -0.1) is 11.6 Å². The molecule has 2 aromatic rings. The fourth-order valence-corrected chi connectivity index (χ4v) is 4.49. The van der Waals surface area contributed by atoms with Crippen LogP contribution in [0.1, 0.15) is 22.3 Å². The van der Waals surface area contributed by atoms with Crippen LogP contribution in [0.5, 0.6) is 0 Å². The molecule has 1 fully saturated rings. The minimum absolute atomic E-state index is 0.0612. The van der Waals surface area contributed by atoms with Gasteiger partial charge in [0, 0.05) is 30.0 Å². The number of benzene rings is 2.